The summed E-state index contributed by atoms with van der Waals surface area (Å²) in [5, 5.41) is 5.52. The van der Waals surface area contributed by atoms with Gasteiger partial charge in [-0.05, 0) is 55.0 Å². The summed E-state index contributed by atoms with van der Waals surface area (Å²) in [6.45, 7) is 2.81. The Hall–Kier alpha value is -3.74. The number of benzene rings is 1. The van der Waals surface area contributed by atoms with Crippen molar-refractivity contribution in [3.8, 4) is 5.75 Å². The molecule has 2 heterocycles. The summed E-state index contributed by atoms with van der Waals surface area (Å²) in [5.74, 6) is -0.0310. The summed E-state index contributed by atoms with van der Waals surface area (Å²) in [5.41, 5.74) is 1.81. The molecule has 0 aliphatic heterocycles. The van der Waals surface area contributed by atoms with Gasteiger partial charge in [0, 0.05) is 24.6 Å². The number of ether oxygens (including phenoxy) is 1. The van der Waals surface area contributed by atoms with E-state index in [9.17, 15) is 9.59 Å². The SMILES string of the molecule is CCOc1ccc(NC(=O)c2cccc(C(=O)NCc3cccnc3)n2)cc1. The molecule has 142 valence electrons. The Morgan fingerprint density at radius 1 is 0.964 bits per heavy atom. The van der Waals surface area contributed by atoms with E-state index in [0.29, 0.717) is 18.8 Å². The molecule has 2 aromatic heterocycles. The maximum Gasteiger partial charge on any atom is 0.274 e. The fraction of sp³-hybridized carbons (Fsp3) is 0.143. The average molecular weight is 376 g/mol. The number of hydrogen-bond acceptors (Lipinski definition) is 5. The predicted octanol–water partition coefficient (Wildman–Crippen LogP) is 3.06. The standard InChI is InChI=1S/C21H20N4O3/c1-2-28-17-10-8-16(9-11-17)24-21(27)19-7-3-6-18(25-19)20(26)23-14-15-5-4-12-22-13-15/h3-13H,2,14H2,1H3,(H,23,26)(H,24,27). The Morgan fingerprint density at radius 2 is 1.71 bits per heavy atom. The van der Waals surface area contributed by atoms with Gasteiger partial charge in [0.2, 0.25) is 0 Å². The van der Waals surface area contributed by atoms with Crippen molar-refractivity contribution >= 4 is 17.5 Å². The number of aromatic nitrogens is 2. The third-order valence-corrected chi connectivity index (χ3v) is 3.81. The number of anilines is 1. The fourth-order valence-corrected chi connectivity index (χ4v) is 2.46. The summed E-state index contributed by atoms with van der Waals surface area (Å²) in [7, 11) is 0. The first-order valence-corrected chi connectivity index (χ1v) is 8.84. The molecule has 28 heavy (non-hydrogen) atoms. The molecular weight excluding hydrogens is 356 g/mol. The second-order valence-electron chi connectivity index (χ2n) is 5.86. The van der Waals surface area contributed by atoms with E-state index in [1.165, 1.54) is 0 Å². The number of carbonyl (C=O) groups is 2. The summed E-state index contributed by atoms with van der Waals surface area (Å²) in [4.78, 5) is 32.9. The maximum absolute atomic E-state index is 12.4. The Morgan fingerprint density at radius 3 is 2.39 bits per heavy atom. The number of amides is 2. The van der Waals surface area contributed by atoms with Gasteiger partial charge in [0.1, 0.15) is 17.1 Å². The summed E-state index contributed by atoms with van der Waals surface area (Å²) in [6, 6.07) is 15.4. The summed E-state index contributed by atoms with van der Waals surface area (Å²) in [6.07, 6.45) is 3.34. The lowest BCUT2D eigenvalue weighted by Crippen LogP contribution is -2.25. The van der Waals surface area contributed by atoms with Crippen LogP contribution in [0.2, 0.25) is 0 Å². The van der Waals surface area contributed by atoms with Crippen molar-refractivity contribution in [1.29, 1.82) is 0 Å². The highest BCUT2D eigenvalue weighted by Gasteiger charge is 2.12. The van der Waals surface area contributed by atoms with Crippen molar-refractivity contribution in [1.82, 2.24) is 15.3 Å². The van der Waals surface area contributed by atoms with E-state index in [2.05, 4.69) is 20.6 Å². The van der Waals surface area contributed by atoms with E-state index in [1.807, 2.05) is 13.0 Å². The van der Waals surface area contributed by atoms with Gasteiger partial charge in [-0.15, -0.1) is 0 Å². The van der Waals surface area contributed by atoms with Crippen LogP contribution in [-0.4, -0.2) is 28.4 Å². The molecule has 0 spiro atoms. The molecule has 0 atom stereocenters. The molecular formula is C21H20N4O3. The molecule has 0 bridgehead atoms. The van der Waals surface area contributed by atoms with Crippen LogP contribution in [0, 0.1) is 0 Å². The van der Waals surface area contributed by atoms with Gasteiger partial charge in [-0.1, -0.05) is 12.1 Å². The molecule has 0 aliphatic rings. The van der Waals surface area contributed by atoms with Crippen LogP contribution in [0.15, 0.2) is 67.0 Å². The van der Waals surface area contributed by atoms with Crippen LogP contribution < -0.4 is 15.4 Å². The van der Waals surface area contributed by atoms with E-state index >= 15 is 0 Å². The van der Waals surface area contributed by atoms with Crippen molar-refractivity contribution in [3.05, 3.63) is 83.9 Å². The normalized spacial score (nSPS) is 10.2. The average Bonchev–Trinajstić information content (AvgIpc) is 2.74. The van der Waals surface area contributed by atoms with Gasteiger partial charge in [-0.2, -0.15) is 0 Å². The van der Waals surface area contributed by atoms with Crippen molar-refractivity contribution in [3.63, 3.8) is 0 Å². The third kappa shape index (κ3) is 5.14. The first kappa shape index (κ1) is 19.0. The minimum absolute atomic E-state index is 0.155. The van der Waals surface area contributed by atoms with Gasteiger partial charge >= 0.3 is 0 Å². The monoisotopic (exact) mass is 376 g/mol. The van der Waals surface area contributed by atoms with Crippen LogP contribution in [0.1, 0.15) is 33.5 Å². The van der Waals surface area contributed by atoms with Crippen molar-refractivity contribution < 1.29 is 14.3 Å². The highest BCUT2D eigenvalue weighted by Crippen LogP contribution is 2.16. The van der Waals surface area contributed by atoms with Crippen molar-refractivity contribution in [2.75, 3.05) is 11.9 Å². The van der Waals surface area contributed by atoms with E-state index in [4.69, 9.17) is 4.74 Å². The quantitative estimate of drug-likeness (QED) is 0.661. The van der Waals surface area contributed by atoms with E-state index < -0.39 is 5.91 Å². The molecule has 7 heteroatoms. The first-order chi connectivity index (χ1) is 13.7. The van der Waals surface area contributed by atoms with Gasteiger partial charge < -0.3 is 15.4 Å². The Kier molecular flexibility index (Phi) is 6.30. The lowest BCUT2D eigenvalue weighted by atomic mass is 10.2. The predicted molar refractivity (Wildman–Crippen MR) is 105 cm³/mol. The third-order valence-electron chi connectivity index (χ3n) is 3.81. The highest BCUT2D eigenvalue weighted by atomic mass is 16.5. The molecule has 0 aliphatic carbocycles. The zero-order chi connectivity index (χ0) is 19.8. The maximum atomic E-state index is 12.4. The van der Waals surface area contributed by atoms with Crippen LogP contribution >= 0.6 is 0 Å². The topological polar surface area (TPSA) is 93.2 Å². The second kappa shape index (κ2) is 9.27. The summed E-state index contributed by atoms with van der Waals surface area (Å²) >= 11 is 0. The van der Waals surface area contributed by atoms with E-state index in [1.54, 1.807) is 60.9 Å². The van der Waals surface area contributed by atoms with Gasteiger partial charge in [-0.3, -0.25) is 14.6 Å². The van der Waals surface area contributed by atoms with Gasteiger partial charge in [0.25, 0.3) is 11.8 Å². The number of pyridine rings is 2. The molecule has 2 amide bonds. The minimum Gasteiger partial charge on any atom is -0.494 e. The van der Waals surface area contributed by atoms with Crippen LogP contribution in [0.5, 0.6) is 5.75 Å². The molecule has 0 unspecified atom stereocenters. The van der Waals surface area contributed by atoms with Crippen molar-refractivity contribution in [2.24, 2.45) is 0 Å². The molecule has 0 radical (unpaired) electrons. The lowest BCUT2D eigenvalue weighted by molar-refractivity contribution is 0.0945. The zero-order valence-corrected chi connectivity index (χ0v) is 15.4. The van der Waals surface area contributed by atoms with Gasteiger partial charge in [-0.25, -0.2) is 4.98 Å². The second-order valence-corrected chi connectivity index (χ2v) is 5.86. The number of rotatable bonds is 7. The van der Waals surface area contributed by atoms with E-state index in [-0.39, 0.29) is 17.3 Å². The molecule has 1 aromatic carbocycles. The molecule has 0 fully saturated rings. The Bertz CT molecular complexity index is 943. The van der Waals surface area contributed by atoms with Gasteiger partial charge in [0.05, 0.1) is 6.61 Å². The number of nitrogens with zero attached hydrogens (tertiary/aromatic N) is 2. The molecule has 0 saturated heterocycles. The van der Waals surface area contributed by atoms with Crippen LogP contribution in [0.4, 0.5) is 5.69 Å². The van der Waals surface area contributed by atoms with Crippen LogP contribution in [0.25, 0.3) is 0 Å². The molecule has 3 rings (SSSR count). The lowest BCUT2D eigenvalue weighted by Gasteiger charge is -2.08. The largest absolute Gasteiger partial charge is 0.494 e. The molecule has 2 N–H and O–H groups in total. The highest BCUT2D eigenvalue weighted by molar-refractivity contribution is 6.03. The first-order valence-electron chi connectivity index (χ1n) is 8.84. The molecule has 0 saturated carbocycles. The number of nitrogens with one attached hydrogen (secondary N) is 2. The molecule has 7 nitrogen and oxygen atoms in total. The smallest absolute Gasteiger partial charge is 0.274 e. The summed E-state index contributed by atoms with van der Waals surface area (Å²) < 4.78 is 5.37. The Balaban J connectivity index is 1.63. The molecule has 3 aromatic rings. The number of carbonyl (C=O) groups excluding carboxylic acids is 2. The number of hydrogen-bond donors (Lipinski definition) is 2. The van der Waals surface area contributed by atoms with Crippen LogP contribution in [-0.2, 0) is 6.54 Å². The van der Waals surface area contributed by atoms with Gasteiger partial charge in [0.15, 0.2) is 0 Å². The Labute approximate surface area is 162 Å². The fourth-order valence-electron chi connectivity index (χ4n) is 2.46. The van der Waals surface area contributed by atoms with Crippen molar-refractivity contribution in [2.45, 2.75) is 13.5 Å². The minimum atomic E-state index is -0.397. The zero-order valence-electron chi connectivity index (χ0n) is 15.4. The van der Waals surface area contributed by atoms with Crippen LogP contribution in [0.3, 0.4) is 0 Å². The van der Waals surface area contributed by atoms with E-state index in [0.717, 1.165) is 11.3 Å².